The molecule has 0 fully saturated rings. The number of carbonyl (C=O) groups is 1. The van der Waals surface area contributed by atoms with Crippen molar-refractivity contribution in [3.8, 4) is 0 Å². The average Bonchev–Trinajstić information content (AvgIpc) is 2.42. The Hall–Kier alpha value is -2.50. The second kappa shape index (κ2) is 5.90. The van der Waals surface area contributed by atoms with Crippen molar-refractivity contribution in [3.63, 3.8) is 0 Å². The van der Waals surface area contributed by atoms with Gasteiger partial charge in [-0.2, -0.15) is 0 Å². The van der Waals surface area contributed by atoms with Gasteiger partial charge in [-0.3, -0.25) is 10.3 Å². The molecule has 1 atom stereocenters. The lowest BCUT2D eigenvalue weighted by Crippen LogP contribution is -2.31. The summed E-state index contributed by atoms with van der Waals surface area (Å²) >= 11 is 0. The monoisotopic (exact) mass is 260 g/mol. The fourth-order valence-corrected chi connectivity index (χ4v) is 1.50. The first-order chi connectivity index (χ1) is 9.15. The average molecular weight is 260 g/mol. The van der Waals surface area contributed by atoms with Crippen LogP contribution in [-0.4, -0.2) is 16.0 Å². The van der Waals surface area contributed by atoms with Crippen molar-refractivity contribution in [3.05, 3.63) is 54.2 Å². The van der Waals surface area contributed by atoms with E-state index in [2.05, 4.69) is 20.6 Å². The van der Waals surface area contributed by atoms with Crippen LogP contribution in [0.3, 0.4) is 0 Å². The number of urea groups is 1. The molecule has 2 aromatic rings. The van der Waals surface area contributed by atoms with Crippen molar-refractivity contribution in [2.24, 2.45) is 0 Å². The van der Waals surface area contributed by atoms with E-state index >= 15 is 0 Å². The first-order valence-electron chi connectivity index (χ1n) is 5.75. The van der Waals surface area contributed by atoms with Gasteiger partial charge in [-0.1, -0.05) is 6.07 Å². The molecule has 0 aliphatic rings. The van der Waals surface area contributed by atoms with Crippen LogP contribution in [0.25, 0.3) is 0 Å². The normalized spacial score (nSPS) is 11.7. The van der Waals surface area contributed by atoms with E-state index in [1.165, 1.54) is 12.1 Å². The van der Waals surface area contributed by atoms with E-state index < -0.39 is 11.8 Å². The van der Waals surface area contributed by atoms with E-state index in [-0.39, 0.29) is 11.9 Å². The van der Waals surface area contributed by atoms with E-state index in [0.717, 1.165) is 11.9 Å². The van der Waals surface area contributed by atoms with Crippen molar-refractivity contribution in [1.29, 1.82) is 0 Å². The third-order valence-electron chi connectivity index (χ3n) is 2.45. The highest BCUT2D eigenvalue weighted by atomic mass is 19.1. The molecule has 6 heteroatoms. The van der Waals surface area contributed by atoms with Gasteiger partial charge in [-0.25, -0.2) is 14.2 Å². The Morgan fingerprint density at radius 2 is 2.11 bits per heavy atom. The maximum absolute atomic E-state index is 12.7. The summed E-state index contributed by atoms with van der Waals surface area (Å²) in [6.45, 7) is 1.82. The van der Waals surface area contributed by atoms with Crippen LogP contribution in [0.2, 0.25) is 0 Å². The quantitative estimate of drug-likeness (QED) is 0.891. The van der Waals surface area contributed by atoms with E-state index in [1.807, 2.05) is 19.1 Å². The first kappa shape index (κ1) is 12.9. The number of rotatable bonds is 3. The van der Waals surface area contributed by atoms with Crippen molar-refractivity contribution in [2.75, 3.05) is 5.32 Å². The molecule has 0 aromatic carbocycles. The van der Waals surface area contributed by atoms with Crippen LogP contribution in [0.5, 0.6) is 0 Å². The maximum atomic E-state index is 12.7. The topological polar surface area (TPSA) is 66.9 Å². The molecular weight excluding hydrogens is 247 g/mol. The van der Waals surface area contributed by atoms with Gasteiger partial charge in [0.1, 0.15) is 11.6 Å². The second-order valence-corrected chi connectivity index (χ2v) is 3.94. The van der Waals surface area contributed by atoms with Crippen LogP contribution >= 0.6 is 0 Å². The van der Waals surface area contributed by atoms with Gasteiger partial charge in [0.2, 0.25) is 0 Å². The maximum Gasteiger partial charge on any atom is 0.320 e. The molecule has 0 unspecified atom stereocenters. The molecule has 0 radical (unpaired) electrons. The van der Waals surface area contributed by atoms with Crippen molar-refractivity contribution < 1.29 is 9.18 Å². The van der Waals surface area contributed by atoms with E-state index in [1.54, 1.807) is 12.3 Å². The van der Waals surface area contributed by atoms with Crippen LogP contribution in [0.15, 0.2) is 42.7 Å². The number of aromatic nitrogens is 2. The van der Waals surface area contributed by atoms with Gasteiger partial charge in [-0.15, -0.1) is 0 Å². The molecule has 19 heavy (non-hydrogen) atoms. The Kier molecular flexibility index (Phi) is 4.02. The largest absolute Gasteiger partial charge is 0.330 e. The minimum Gasteiger partial charge on any atom is -0.330 e. The Labute approximate surface area is 109 Å². The molecule has 0 aliphatic heterocycles. The standard InChI is InChI=1S/C13H13FN4O/c1-9(11-4-2-3-7-15-11)17-13(19)18-12-6-5-10(14)8-16-12/h2-9H,1H3,(H2,16,17,18,19)/t9-/m0/s1. The van der Waals surface area contributed by atoms with Crippen LogP contribution in [0.4, 0.5) is 15.0 Å². The lowest BCUT2D eigenvalue weighted by atomic mass is 10.2. The minimum absolute atomic E-state index is 0.235. The molecule has 2 amide bonds. The number of nitrogens with zero attached hydrogens (tertiary/aromatic N) is 2. The Morgan fingerprint density at radius 3 is 2.74 bits per heavy atom. The predicted molar refractivity (Wildman–Crippen MR) is 69.0 cm³/mol. The molecular formula is C13H13FN4O. The molecule has 2 aromatic heterocycles. The highest BCUT2D eigenvalue weighted by molar-refractivity contribution is 5.88. The molecule has 2 rings (SSSR count). The summed E-state index contributed by atoms with van der Waals surface area (Å²) in [5.41, 5.74) is 0.754. The Morgan fingerprint density at radius 1 is 1.26 bits per heavy atom. The van der Waals surface area contributed by atoms with Gasteiger partial charge >= 0.3 is 6.03 Å². The number of pyridine rings is 2. The Bertz CT molecular complexity index is 544. The van der Waals surface area contributed by atoms with Crippen LogP contribution in [-0.2, 0) is 0 Å². The fourth-order valence-electron chi connectivity index (χ4n) is 1.50. The molecule has 98 valence electrons. The van der Waals surface area contributed by atoms with Gasteiger partial charge < -0.3 is 5.32 Å². The highest BCUT2D eigenvalue weighted by Crippen LogP contribution is 2.08. The van der Waals surface area contributed by atoms with Gasteiger partial charge in [-0.05, 0) is 31.2 Å². The van der Waals surface area contributed by atoms with Crippen molar-refractivity contribution in [2.45, 2.75) is 13.0 Å². The Balaban J connectivity index is 1.93. The van der Waals surface area contributed by atoms with Crippen LogP contribution < -0.4 is 10.6 Å². The van der Waals surface area contributed by atoms with Crippen molar-refractivity contribution in [1.82, 2.24) is 15.3 Å². The number of nitrogens with one attached hydrogen (secondary N) is 2. The van der Waals surface area contributed by atoms with Crippen molar-refractivity contribution >= 4 is 11.8 Å². The van der Waals surface area contributed by atoms with E-state index in [4.69, 9.17) is 0 Å². The second-order valence-electron chi connectivity index (χ2n) is 3.94. The predicted octanol–water partition coefficient (Wildman–Crippen LogP) is 2.50. The zero-order chi connectivity index (χ0) is 13.7. The summed E-state index contributed by atoms with van der Waals surface area (Å²) in [4.78, 5) is 19.6. The van der Waals surface area contributed by atoms with Gasteiger partial charge in [0.25, 0.3) is 0 Å². The van der Waals surface area contributed by atoms with E-state index in [0.29, 0.717) is 0 Å². The molecule has 0 bridgehead atoms. The SMILES string of the molecule is C[C@H](NC(=O)Nc1ccc(F)cn1)c1ccccn1. The van der Waals surface area contributed by atoms with Crippen LogP contribution in [0.1, 0.15) is 18.7 Å². The fraction of sp³-hybridized carbons (Fsp3) is 0.154. The number of hydrogen-bond acceptors (Lipinski definition) is 3. The molecule has 2 N–H and O–H groups in total. The smallest absolute Gasteiger partial charge is 0.320 e. The third kappa shape index (κ3) is 3.74. The number of anilines is 1. The minimum atomic E-state index is -0.451. The molecule has 0 spiro atoms. The van der Waals surface area contributed by atoms with E-state index in [9.17, 15) is 9.18 Å². The molecule has 5 nitrogen and oxygen atoms in total. The van der Waals surface area contributed by atoms with Gasteiger partial charge in [0.15, 0.2) is 0 Å². The summed E-state index contributed by atoms with van der Waals surface area (Å²) in [7, 11) is 0. The molecule has 0 aliphatic carbocycles. The lowest BCUT2D eigenvalue weighted by Gasteiger charge is -2.13. The number of halogens is 1. The summed E-state index contributed by atoms with van der Waals surface area (Å²) in [5, 5.41) is 5.23. The summed E-state index contributed by atoms with van der Waals surface area (Å²) in [5.74, 6) is -0.167. The van der Waals surface area contributed by atoms with Gasteiger partial charge in [0, 0.05) is 6.20 Å². The molecule has 0 saturated heterocycles. The molecule has 0 saturated carbocycles. The van der Waals surface area contributed by atoms with Crippen LogP contribution in [0, 0.1) is 5.82 Å². The number of hydrogen-bond donors (Lipinski definition) is 2. The number of amides is 2. The number of carbonyl (C=O) groups excluding carboxylic acids is 1. The first-order valence-corrected chi connectivity index (χ1v) is 5.75. The highest BCUT2D eigenvalue weighted by Gasteiger charge is 2.10. The summed E-state index contributed by atoms with van der Waals surface area (Å²) < 4.78 is 12.7. The third-order valence-corrected chi connectivity index (χ3v) is 2.45. The lowest BCUT2D eigenvalue weighted by molar-refractivity contribution is 0.249. The molecule has 2 heterocycles. The zero-order valence-electron chi connectivity index (χ0n) is 10.3. The summed E-state index contributed by atoms with van der Waals surface area (Å²) in [6, 6.07) is 7.43. The van der Waals surface area contributed by atoms with Gasteiger partial charge in [0.05, 0.1) is 17.9 Å². The zero-order valence-corrected chi connectivity index (χ0v) is 10.3. The summed E-state index contributed by atoms with van der Waals surface area (Å²) in [6.07, 6.45) is 2.70.